The quantitative estimate of drug-likeness (QED) is 0.789. The molecule has 1 fully saturated rings. The van der Waals surface area contributed by atoms with Gasteiger partial charge in [-0.2, -0.15) is 0 Å². The second-order valence-corrected chi connectivity index (χ2v) is 6.14. The molecule has 4 heteroatoms. The molecule has 2 aliphatic rings. The lowest BCUT2D eigenvalue weighted by atomic mass is 9.94. The van der Waals surface area contributed by atoms with Crippen LogP contribution in [-0.2, 0) is 11.3 Å². The molecule has 2 aromatic rings. The molecule has 1 aromatic heterocycles. The summed E-state index contributed by atoms with van der Waals surface area (Å²) in [6, 6.07) is 8.16. The van der Waals surface area contributed by atoms with Crippen molar-refractivity contribution < 1.29 is 9.90 Å². The number of carbonyl (C=O) groups is 1. The largest absolute Gasteiger partial charge is 0.386 e. The molecule has 1 saturated heterocycles. The number of aliphatic hydroxyl groups is 1. The molecule has 0 spiro atoms. The zero-order valence-corrected chi connectivity index (χ0v) is 10.6. The number of thiophene rings is 1. The maximum Gasteiger partial charge on any atom is 0.223 e. The summed E-state index contributed by atoms with van der Waals surface area (Å²) in [5.41, 5.74) is 1.06. The molecule has 0 saturated carbocycles. The van der Waals surface area contributed by atoms with Gasteiger partial charge in [-0.15, -0.1) is 11.3 Å². The van der Waals surface area contributed by atoms with E-state index in [1.807, 2.05) is 17.0 Å². The Morgan fingerprint density at radius 2 is 2.17 bits per heavy atom. The summed E-state index contributed by atoms with van der Waals surface area (Å²) in [6.45, 7) is 0.676. The molecule has 18 heavy (non-hydrogen) atoms. The van der Waals surface area contributed by atoms with E-state index in [-0.39, 0.29) is 11.9 Å². The highest BCUT2D eigenvalue weighted by Gasteiger charge is 2.42. The van der Waals surface area contributed by atoms with Crippen LogP contribution in [0.3, 0.4) is 0 Å². The molecule has 3 heterocycles. The van der Waals surface area contributed by atoms with Crippen LogP contribution in [-0.4, -0.2) is 22.0 Å². The number of benzene rings is 1. The molecule has 1 N–H and O–H groups in total. The summed E-state index contributed by atoms with van der Waals surface area (Å²) in [5, 5.41) is 11.7. The lowest BCUT2D eigenvalue weighted by molar-refractivity contribution is -0.131. The van der Waals surface area contributed by atoms with Crippen molar-refractivity contribution in [1.29, 1.82) is 0 Å². The van der Waals surface area contributed by atoms with Crippen LogP contribution in [0.4, 0.5) is 0 Å². The summed E-state index contributed by atoms with van der Waals surface area (Å²) in [7, 11) is 0. The van der Waals surface area contributed by atoms with Crippen molar-refractivity contribution in [2.45, 2.75) is 31.5 Å². The molecular weight excluding hydrogens is 246 g/mol. The highest BCUT2D eigenvalue weighted by atomic mass is 32.1. The van der Waals surface area contributed by atoms with Gasteiger partial charge in [0.25, 0.3) is 0 Å². The van der Waals surface area contributed by atoms with Gasteiger partial charge in [-0.1, -0.05) is 18.2 Å². The van der Waals surface area contributed by atoms with Gasteiger partial charge in [-0.25, -0.2) is 0 Å². The Morgan fingerprint density at radius 1 is 1.33 bits per heavy atom. The number of aliphatic hydroxyl groups excluding tert-OH is 1. The van der Waals surface area contributed by atoms with Gasteiger partial charge in [0.15, 0.2) is 0 Å². The summed E-state index contributed by atoms with van der Waals surface area (Å²) in [6.07, 6.45) is 0.842. The second kappa shape index (κ2) is 3.56. The van der Waals surface area contributed by atoms with Crippen LogP contribution >= 0.6 is 11.3 Å². The van der Waals surface area contributed by atoms with Gasteiger partial charge < -0.3 is 10.0 Å². The van der Waals surface area contributed by atoms with E-state index in [1.54, 1.807) is 11.3 Å². The summed E-state index contributed by atoms with van der Waals surface area (Å²) in [4.78, 5) is 14.8. The van der Waals surface area contributed by atoms with Crippen molar-refractivity contribution in [2.75, 3.05) is 0 Å². The van der Waals surface area contributed by atoms with Gasteiger partial charge in [0.2, 0.25) is 5.91 Å². The van der Waals surface area contributed by atoms with Crippen molar-refractivity contribution in [3.63, 3.8) is 0 Å². The smallest absolute Gasteiger partial charge is 0.223 e. The van der Waals surface area contributed by atoms with Crippen molar-refractivity contribution in [3.05, 3.63) is 34.7 Å². The van der Waals surface area contributed by atoms with Gasteiger partial charge >= 0.3 is 0 Å². The second-order valence-electron chi connectivity index (χ2n) is 5.01. The monoisotopic (exact) mass is 259 g/mol. The summed E-state index contributed by atoms with van der Waals surface area (Å²) >= 11 is 1.70. The number of nitrogens with zero attached hydrogens (tertiary/aromatic N) is 1. The zero-order valence-electron chi connectivity index (χ0n) is 9.80. The Kier molecular flexibility index (Phi) is 2.08. The first kappa shape index (κ1) is 10.5. The molecule has 2 atom stereocenters. The number of rotatable bonds is 0. The number of amides is 1. The average molecular weight is 259 g/mol. The predicted octanol–water partition coefficient (Wildman–Crippen LogP) is 2.44. The normalized spacial score (nSPS) is 26.5. The first-order valence-electron chi connectivity index (χ1n) is 6.23. The van der Waals surface area contributed by atoms with Crippen molar-refractivity contribution in [2.24, 2.45) is 0 Å². The Morgan fingerprint density at radius 3 is 3.06 bits per heavy atom. The third-order valence-corrected chi connectivity index (χ3v) is 5.23. The number of fused-ring (bicyclic) bond motifs is 4. The Bertz CT molecular complexity index is 648. The van der Waals surface area contributed by atoms with E-state index in [0.29, 0.717) is 13.0 Å². The van der Waals surface area contributed by atoms with Gasteiger partial charge in [-0.3, -0.25) is 4.79 Å². The Labute approximate surface area is 109 Å². The van der Waals surface area contributed by atoms with Crippen molar-refractivity contribution in [1.82, 2.24) is 4.90 Å². The van der Waals surface area contributed by atoms with Gasteiger partial charge in [0, 0.05) is 21.6 Å². The SMILES string of the molecule is O=C1CC[C@H]2[C@H](O)c3c(sc4ccccc34)CN12. The predicted molar refractivity (Wildman–Crippen MR) is 70.4 cm³/mol. The maximum absolute atomic E-state index is 11.8. The average Bonchev–Trinajstić information content (AvgIpc) is 2.92. The lowest BCUT2D eigenvalue weighted by Crippen LogP contribution is -2.40. The maximum atomic E-state index is 11.8. The van der Waals surface area contributed by atoms with Crippen LogP contribution in [0.1, 0.15) is 29.4 Å². The highest BCUT2D eigenvalue weighted by molar-refractivity contribution is 7.19. The molecule has 92 valence electrons. The van der Waals surface area contributed by atoms with Crippen LogP contribution in [0.5, 0.6) is 0 Å². The van der Waals surface area contributed by atoms with Gasteiger partial charge in [-0.05, 0) is 17.9 Å². The Balaban J connectivity index is 1.93. The van der Waals surface area contributed by atoms with E-state index in [0.717, 1.165) is 22.2 Å². The number of hydrogen-bond acceptors (Lipinski definition) is 3. The molecule has 1 aromatic carbocycles. The number of carbonyl (C=O) groups excluding carboxylic acids is 1. The van der Waals surface area contributed by atoms with E-state index in [2.05, 4.69) is 12.1 Å². The third kappa shape index (κ3) is 1.25. The highest BCUT2D eigenvalue weighted by Crippen LogP contribution is 2.44. The Hall–Kier alpha value is -1.39. The molecule has 3 nitrogen and oxygen atoms in total. The van der Waals surface area contributed by atoms with E-state index >= 15 is 0 Å². The first-order chi connectivity index (χ1) is 8.75. The molecule has 4 rings (SSSR count). The third-order valence-electron chi connectivity index (χ3n) is 4.06. The van der Waals surface area contributed by atoms with Crippen LogP contribution < -0.4 is 0 Å². The standard InChI is InChI=1S/C14H13NO2S/c16-12-6-5-9-14(17)13-8-3-1-2-4-10(8)18-11(13)7-15(9)12/h1-4,9,14,17H,5-7H2/t9-,14-/m0/s1. The van der Waals surface area contributed by atoms with E-state index in [1.165, 1.54) is 4.70 Å². The molecular formula is C14H13NO2S. The van der Waals surface area contributed by atoms with E-state index in [9.17, 15) is 9.90 Å². The molecule has 0 radical (unpaired) electrons. The summed E-state index contributed by atoms with van der Waals surface area (Å²) in [5.74, 6) is 0.183. The molecule has 0 unspecified atom stereocenters. The first-order valence-corrected chi connectivity index (χ1v) is 7.05. The fourth-order valence-corrected chi connectivity index (χ4v) is 4.44. The summed E-state index contributed by atoms with van der Waals surface area (Å²) < 4.78 is 1.20. The van der Waals surface area contributed by atoms with Crippen molar-refractivity contribution >= 4 is 27.3 Å². The topological polar surface area (TPSA) is 40.5 Å². The van der Waals surface area contributed by atoms with E-state index in [4.69, 9.17) is 0 Å². The molecule has 2 aliphatic heterocycles. The van der Waals surface area contributed by atoms with Gasteiger partial charge in [0.05, 0.1) is 12.6 Å². The zero-order chi connectivity index (χ0) is 12.3. The minimum Gasteiger partial charge on any atom is -0.386 e. The van der Waals surface area contributed by atoms with Gasteiger partial charge in [0.1, 0.15) is 6.10 Å². The van der Waals surface area contributed by atoms with Crippen LogP contribution in [0.25, 0.3) is 10.1 Å². The van der Waals surface area contributed by atoms with Crippen molar-refractivity contribution in [3.8, 4) is 0 Å². The molecule has 0 bridgehead atoms. The van der Waals surface area contributed by atoms with E-state index < -0.39 is 6.10 Å². The number of hydrogen-bond donors (Lipinski definition) is 1. The molecule has 0 aliphatic carbocycles. The van der Waals surface area contributed by atoms with Crippen LogP contribution in [0.15, 0.2) is 24.3 Å². The molecule has 1 amide bonds. The lowest BCUT2D eigenvalue weighted by Gasteiger charge is -2.34. The van der Waals surface area contributed by atoms with Crippen LogP contribution in [0.2, 0.25) is 0 Å². The minimum atomic E-state index is -0.517. The fraction of sp³-hybridized carbons (Fsp3) is 0.357. The van der Waals surface area contributed by atoms with Crippen LogP contribution in [0, 0.1) is 0 Å². The fourth-order valence-electron chi connectivity index (χ4n) is 3.19. The minimum absolute atomic E-state index is 0.0111.